The van der Waals surface area contributed by atoms with Gasteiger partial charge < -0.3 is 10.1 Å². The van der Waals surface area contributed by atoms with E-state index in [0.717, 1.165) is 10.0 Å². The van der Waals surface area contributed by atoms with Gasteiger partial charge in [-0.25, -0.2) is 0 Å². The highest BCUT2D eigenvalue weighted by Crippen LogP contribution is 2.31. The molecule has 2 aromatic carbocycles. The highest BCUT2D eigenvalue weighted by molar-refractivity contribution is 9.10. The molecule has 0 radical (unpaired) electrons. The maximum Gasteiger partial charge on any atom is 0.268 e. The molecule has 24 heavy (non-hydrogen) atoms. The van der Waals surface area contributed by atoms with Crippen molar-refractivity contribution in [3.8, 4) is 5.75 Å². The van der Waals surface area contributed by atoms with E-state index in [1.54, 1.807) is 19.1 Å². The summed E-state index contributed by atoms with van der Waals surface area (Å²) in [5.74, 6) is 0.117. The quantitative estimate of drug-likeness (QED) is 0.874. The molecular weight excluding hydrogens is 372 g/mol. The van der Waals surface area contributed by atoms with Crippen molar-refractivity contribution < 1.29 is 14.3 Å². The number of amides is 2. The molecule has 6 heteroatoms. The van der Waals surface area contributed by atoms with Crippen LogP contribution < -0.4 is 15.0 Å². The summed E-state index contributed by atoms with van der Waals surface area (Å²) in [5.41, 5.74) is 2.40. The van der Waals surface area contributed by atoms with Crippen LogP contribution in [0.15, 0.2) is 46.9 Å². The van der Waals surface area contributed by atoms with Gasteiger partial charge in [-0.3, -0.25) is 14.5 Å². The summed E-state index contributed by atoms with van der Waals surface area (Å²) in [5, 5.41) is 2.77. The number of carbonyl (C=O) groups is 2. The highest BCUT2D eigenvalue weighted by atomic mass is 79.9. The molecule has 1 N–H and O–H groups in total. The molecule has 0 saturated carbocycles. The zero-order valence-electron chi connectivity index (χ0n) is 13.4. The summed E-state index contributed by atoms with van der Waals surface area (Å²) in [6.07, 6.45) is -0.719. The molecule has 0 bridgehead atoms. The normalized spacial score (nSPS) is 14.6. The third-order valence-electron chi connectivity index (χ3n) is 3.78. The third kappa shape index (κ3) is 3.28. The van der Waals surface area contributed by atoms with Crippen LogP contribution in [0, 0.1) is 6.92 Å². The molecule has 3 rings (SSSR count). The lowest BCUT2D eigenvalue weighted by Gasteiger charge is -2.31. The molecule has 0 aromatic heterocycles. The molecule has 0 saturated heterocycles. The summed E-state index contributed by atoms with van der Waals surface area (Å²) in [4.78, 5) is 26.1. The number of rotatable bonds is 3. The maximum atomic E-state index is 12.8. The first kappa shape index (κ1) is 16.5. The van der Waals surface area contributed by atoms with Gasteiger partial charge in [0, 0.05) is 0 Å². The number of carbonyl (C=O) groups excluding carboxylic acids is 2. The van der Waals surface area contributed by atoms with E-state index in [0.29, 0.717) is 17.1 Å². The summed E-state index contributed by atoms with van der Waals surface area (Å²) in [6, 6.07) is 12.9. The SMILES string of the molecule is Cc1ccc(O[C@H](C)C(=O)N2CC(=O)Nc3ccccc32)c(Br)c1. The van der Waals surface area contributed by atoms with Gasteiger partial charge in [-0.15, -0.1) is 0 Å². The van der Waals surface area contributed by atoms with Crippen LogP contribution in [0.2, 0.25) is 0 Å². The van der Waals surface area contributed by atoms with Crippen LogP contribution in [0.3, 0.4) is 0 Å². The molecule has 5 nitrogen and oxygen atoms in total. The van der Waals surface area contributed by atoms with Crippen molar-refractivity contribution in [3.63, 3.8) is 0 Å². The van der Waals surface area contributed by atoms with Crippen molar-refractivity contribution in [3.05, 3.63) is 52.5 Å². The predicted molar refractivity (Wildman–Crippen MR) is 96.4 cm³/mol. The van der Waals surface area contributed by atoms with Crippen LogP contribution >= 0.6 is 15.9 Å². The van der Waals surface area contributed by atoms with Crippen molar-refractivity contribution in [2.45, 2.75) is 20.0 Å². The minimum Gasteiger partial charge on any atom is -0.480 e. The predicted octanol–water partition coefficient (Wildman–Crippen LogP) is 3.51. The van der Waals surface area contributed by atoms with Crippen molar-refractivity contribution in [2.75, 3.05) is 16.8 Å². The van der Waals surface area contributed by atoms with E-state index in [2.05, 4.69) is 21.2 Å². The zero-order valence-corrected chi connectivity index (χ0v) is 15.0. The first-order valence-electron chi connectivity index (χ1n) is 7.59. The molecule has 1 atom stereocenters. The number of para-hydroxylation sites is 2. The maximum absolute atomic E-state index is 12.8. The van der Waals surface area contributed by atoms with Crippen LogP contribution in [0.1, 0.15) is 12.5 Å². The molecule has 0 aliphatic carbocycles. The standard InChI is InChI=1S/C18H17BrN2O3/c1-11-7-8-16(13(19)9-11)24-12(2)18(23)21-10-17(22)20-14-5-3-4-6-15(14)21/h3-9,12H,10H2,1-2H3,(H,20,22)/t12-/m1/s1. The molecule has 1 aliphatic heterocycles. The van der Waals surface area contributed by atoms with Gasteiger partial charge in [0.25, 0.3) is 5.91 Å². The largest absolute Gasteiger partial charge is 0.480 e. The molecule has 124 valence electrons. The van der Waals surface area contributed by atoms with Gasteiger partial charge in [-0.1, -0.05) is 18.2 Å². The van der Waals surface area contributed by atoms with Gasteiger partial charge in [-0.05, 0) is 59.6 Å². The second-order valence-electron chi connectivity index (χ2n) is 5.68. The van der Waals surface area contributed by atoms with E-state index in [9.17, 15) is 9.59 Å². The van der Waals surface area contributed by atoms with Gasteiger partial charge in [0.05, 0.1) is 15.8 Å². The van der Waals surface area contributed by atoms with Gasteiger partial charge in [0.1, 0.15) is 12.3 Å². The van der Waals surface area contributed by atoms with Crippen LogP contribution in [0.4, 0.5) is 11.4 Å². The topological polar surface area (TPSA) is 58.6 Å². The number of anilines is 2. The van der Waals surface area contributed by atoms with Crippen LogP contribution in [-0.2, 0) is 9.59 Å². The summed E-state index contributed by atoms with van der Waals surface area (Å²) in [7, 11) is 0. The van der Waals surface area contributed by atoms with Crippen LogP contribution in [-0.4, -0.2) is 24.5 Å². The van der Waals surface area contributed by atoms with Crippen molar-refractivity contribution in [1.29, 1.82) is 0 Å². The van der Waals surface area contributed by atoms with E-state index in [1.807, 2.05) is 37.3 Å². The Bertz CT molecular complexity index is 807. The second-order valence-corrected chi connectivity index (χ2v) is 6.54. The molecular formula is C18H17BrN2O3. The van der Waals surface area contributed by atoms with E-state index in [-0.39, 0.29) is 18.4 Å². The van der Waals surface area contributed by atoms with E-state index in [4.69, 9.17) is 4.74 Å². The lowest BCUT2D eigenvalue weighted by Crippen LogP contribution is -2.47. The molecule has 0 fully saturated rings. The Hall–Kier alpha value is -2.34. The molecule has 1 heterocycles. The van der Waals surface area contributed by atoms with E-state index >= 15 is 0 Å². The number of nitrogens with zero attached hydrogens (tertiary/aromatic N) is 1. The molecule has 2 aromatic rings. The van der Waals surface area contributed by atoms with Crippen LogP contribution in [0.5, 0.6) is 5.75 Å². The number of nitrogens with one attached hydrogen (secondary N) is 1. The Morgan fingerprint density at radius 2 is 2.04 bits per heavy atom. The second kappa shape index (κ2) is 6.65. The van der Waals surface area contributed by atoms with Crippen molar-refractivity contribution in [2.24, 2.45) is 0 Å². The fraction of sp³-hybridized carbons (Fsp3) is 0.222. The highest BCUT2D eigenvalue weighted by Gasteiger charge is 2.30. The van der Waals surface area contributed by atoms with Gasteiger partial charge in [0.15, 0.2) is 6.10 Å². The Kier molecular flexibility index (Phi) is 4.57. The van der Waals surface area contributed by atoms with Gasteiger partial charge in [-0.2, -0.15) is 0 Å². The number of halogens is 1. The Balaban J connectivity index is 1.82. The number of benzene rings is 2. The molecule has 2 amide bonds. The molecule has 0 spiro atoms. The lowest BCUT2D eigenvalue weighted by molar-refractivity contribution is -0.126. The Morgan fingerprint density at radius 1 is 1.29 bits per heavy atom. The van der Waals surface area contributed by atoms with E-state index < -0.39 is 6.10 Å². The average Bonchev–Trinajstić information content (AvgIpc) is 2.55. The van der Waals surface area contributed by atoms with Gasteiger partial charge >= 0.3 is 0 Å². The minimum atomic E-state index is -0.719. The summed E-state index contributed by atoms with van der Waals surface area (Å²) in [6.45, 7) is 3.65. The van der Waals surface area contributed by atoms with E-state index in [1.165, 1.54) is 4.90 Å². The number of ether oxygens (including phenoxy) is 1. The third-order valence-corrected chi connectivity index (χ3v) is 4.40. The first-order chi connectivity index (χ1) is 11.5. The smallest absolute Gasteiger partial charge is 0.268 e. The Morgan fingerprint density at radius 3 is 2.79 bits per heavy atom. The van der Waals surface area contributed by atoms with Crippen molar-refractivity contribution >= 4 is 39.1 Å². The first-order valence-corrected chi connectivity index (χ1v) is 8.38. The van der Waals surface area contributed by atoms with Gasteiger partial charge in [0.2, 0.25) is 5.91 Å². The molecule has 1 aliphatic rings. The van der Waals surface area contributed by atoms with Crippen molar-refractivity contribution in [1.82, 2.24) is 0 Å². The summed E-state index contributed by atoms with van der Waals surface area (Å²) < 4.78 is 6.59. The number of aryl methyl sites for hydroxylation is 1. The number of fused-ring (bicyclic) bond motifs is 1. The monoisotopic (exact) mass is 388 g/mol. The van der Waals surface area contributed by atoms with Crippen LogP contribution in [0.25, 0.3) is 0 Å². The zero-order chi connectivity index (χ0) is 17.3. The molecule has 0 unspecified atom stereocenters. The minimum absolute atomic E-state index is 0.0153. The Labute approximate surface area is 148 Å². The number of hydrogen-bond acceptors (Lipinski definition) is 3. The lowest BCUT2D eigenvalue weighted by atomic mass is 10.1. The average molecular weight is 389 g/mol. The fourth-order valence-corrected chi connectivity index (χ4v) is 3.18. The number of hydrogen-bond donors (Lipinski definition) is 1. The fourth-order valence-electron chi connectivity index (χ4n) is 2.59. The summed E-state index contributed by atoms with van der Waals surface area (Å²) >= 11 is 3.44.